The van der Waals surface area contributed by atoms with Crippen LogP contribution in [0, 0.1) is 6.92 Å². The van der Waals surface area contributed by atoms with Crippen molar-refractivity contribution in [2.24, 2.45) is 5.73 Å². The van der Waals surface area contributed by atoms with Crippen LogP contribution in [0.5, 0.6) is 11.5 Å². The van der Waals surface area contributed by atoms with Crippen LogP contribution < -0.4 is 15.2 Å². The fraction of sp³-hybridized carbons (Fsp3) is 0.500. The average molecular weight is 242 g/mol. The summed E-state index contributed by atoms with van der Waals surface area (Å²) in [6.07, 6.45) is 0.766. The Bertz CT molecular complexity index is 382. The fourth-order valence-corrected chi connectivity index (χ4v) is 2.11. The number of alkyl halides is 1. The Labute approximate surface area is 100 Å². The Morgan fingerprint density at radius 2 is 1.94 bits per heavy atom. The SMILES string of the molecule is Cc1cc2c(cc1C(N)CCCl)OCCO2. The Hall–Kier alpha value is -0.930. The van der Waals surface area contributed by atoms with E-state index in [9.17, 15) is 0 Å². The molecule has 4 heteroatoms. The number of hydrogen-bond acceptors (Lipinski definition) is 3. The van der Waals surface area contributed by atoms with E-state index < -0.39 is 0 Å². The summed E-state index contributed by atoms with van der Waals surface area (Å²) in [4.78, 5) is 0. The van der Waals surface area contributed by atoms with E-state index in [1.165, 1.54) is 0 Å². The van der Waals surface area contributed by atoms with E-state index in [0.29, 0.717) is 19.1 Å². The summed E-state index contributed by atoms with van der Waals surface area (Å²) in [6, 6.07) is 3.92. The first-order chi connectivity index (χ1) is 7.72. The van der Waals surface area contributed by atoms with Gasteiger partial charge in [0.25, 0.3) is 0 Å². The summed E-state index contributed by atoms with van der Waals surface area (Å²) < 4.78 is 11.0. The second-order valence-corrected chi connectivity index (χ2v) is 4.31. The molecule has 2 rings (SSSR count). The normalized spacial score (nSPS) is 15.9. The van der Waals surface area contributed by atoms with Crippen LogP contribution in [0.3, 0.4) is 0 Å². The lowest BCUT2D eigenvalue weighted by molar-refractivity contribution is 0.171. The number of halogens is 1. The molecule has 88 valence electrons. The fourth-order valence-electron chi connectivity index (χ4n) is 1.88. The van der Waals surface area contributed by atoms with Crippen LogP contribution in [0.25, 0.3) is 0 Å². The second-order valence-electron chi connectivity index (χ2n) is 3.94. The zero-order valence-electron chi connectivity index (χ0n) is 9.33. The van der Waals surface area contributed by atoms with Gasteiger partial charge in [-0.25, -0.2) is 0 Å². The molecule has 1 aliphatic rings. The maximum Gasteiger partial charge on any atom is 0.161 e. The van der Waals surface area contributed by atoms with Crippen LogP contribution >= 0.6 is 11.6 Å². The van der Waals surface area contributed by atoms with Crippen LogP contribution in [-0.2, 0) is 0 Å². The van der Waals surface area contributed by atoms with Gasteiger partial charge in [-0.05, 0) is 36.6 Å². The third-order valence-electron chi connectivity index (χ3n) is 2.75. The van der Waals surface area contributed by atoms with Gasteiger partial charge in [-0.15, -0.1) is 11.6 Å². The number of rotatable bonds is 3. The molecule has 1 aromatic rings. The summed E-state index contributed by atoms with van der Waals surface area (Å²) in [5.41, 5.74) is 8.27. The highest BCUT2D eigenvalue weighted by molar-refractivity contribution is 6.17. The van der Waals surface area contributed by atoms with Crippen molar-refractivity contribution in [1.29, 1.82) is 0 Å². The van der Waals surface area contributed by atoms with E-state index >= 15 is 0 Å². The van der Waals surface area contributed by atoms with Crippen LogP contribution in [0.4, 0.5) is 0 Å². The predicted molar refractivity (Wildman–Crippen MR) is 64.4 cm³/mol. The number of aryl methyl sites for hydroxylation is 1. The summed E-state index contributed by atoms with van der Waals surface area (Å²) in [7, 11) is 0. The van der Waals surface area contributed by atoms with Gasteiger partial charge in [-0.2, -0.15) is 0 Å². The minimum absolute atomic E-state index is 0.0340. The predicted octanol–water partition coefficient (Wildman–Crippen LogP) is 2.39. The summed E-state index contributed by atoms with van der Waals surface area (Å²) in [5, 5.41) is 0. The van der Waals surface area contributed by atoms with Crippen molar-refractivity contribution in [1.82, 2.24) is 0 Å². The first-order valence-corrected chi connectivity index (χ1v) is 5.97. The molecule has 1 aromatic carbocycles. The molecule has 0 saturated heterocycles. The molecular weight excluding hydrogens is 226 g/mol. The maximum absolute atomic E-state index is 6.06. The number of fused-ring (bicyclic) bond motifs is 1. The van der Waals surface area contributed by atoms with E-state index in [0.717, 1.165) is 29.0 Å². The Balaban J connectivity index is 2.31. The van der Waals surface area contributed by atoms with Crippen molar-refractivity contribution in [2.45, 2.75) is 19.4 Å². The molecule has 1 heterocycles. The van der Waals surface area contributed by atoms with Gasteiger partial charge in [0.05, 0.1) is 0 Å². The Kier molecular flexibility index (Phi) is 3.56. The lowest BCUT2D eigenvalue weighted by Gasteiger charge is -2.22. The van der Waals surface area contributed by atoms with Crippen molar-refractivity contribution in [3.05, 3.63) is 23.3 Å². The summed E-state index contributed by atoms with van der Waals surface area (Å²) >= 11 is 5.71. The van der Waals surface area contributed by atoms with E-state index in [2.05, 4.69) is 0 Å². The van der Waals surface area contributed by atoms with Crippen molar-refractivity contribution in [3.8, 4) is 11.5 Å². The first kappa shape index (κ1) is 11.6. The first-order valence-electron chi connectivity index (χ1n) is 5.44. The summed E-state index contributed by atoms with van der Waals surface area (Å²) in [6.45, 7) is 3.24. The molecular formula is C12H16ClNO2. The highest BCUT2D eigenvalue weighted by Gasteiger charge is 2.17. The maximum atomic E-state index is 6.06. The van der Waals surface area contributed by atoms with Gasteiger partial charge in [-0.1, -0.05) is 0 Å². The molecule has 0 amide bonds. The molecule has 0 fully saturated rings. The van der Waals surface area contributed by atoms with Gasteiger partial charge in [0.2, 0.25) is 0 Å². The molecule has 3 nitrogen and oxygen atoms in total. The lowest BCUT2D eigenvalue weighted by Crippen LogP contribution is -2.18. The smallest absolute Gasteiger partial charge is 0.161 e. The second kappa shape index (κ2) is 4.93. The standard InChI is InChI=1S/C12H16ClNO2/c1-8-6-11-12(16-5-4-15-11)7-9(8)10(14)2-3-13/h6-7,10H,2-5,14H2,1H3. The number of hydrogen-bond donors (Lipinski definition) is 1. The van der Waals surface area contributed by atoms with Gasteiger partial charge in [0, 0.05) is 11.9 Å². The van der Waals surface area contributed by atoms with Crippen molar-refractivity contribution in [2.75, 3.05) is 19.1 Å². The summed E-state index contributed by atoms with van der Waals surface area (Å²) in [5.74, 6) is 2.16. The molecule has 0 aliphatic carbocycles. The van der Waals surface area contributed by atoms with E-state index in [4.69, 9.17) is 26.8 Å². The quantitative estimate of drug-likeness (QED) is 0.827. The number of benzene rings is 1. The molecule has 1 unspecified atom stereocenters. The third-order valence-corrected chi connectivity index (χ3v) is 2.97. The molecule has 0 bridgehead atoms. The zero-order chi connectivity index (χ0) is 11.5. The topological polar surface area (TPSA) is 44.5 Å². The third kappa shape index (κ3) is 2.25. The van der Waals surface area contributed by atoms with Crippen LogP contribution in [0.15, 0.2) is 12.1 Å². The monoisotopic (exact) mass is 241 g/mol. The molecule has 2 N–H and O–H groups in total. The molecule has 0 aromatic heterocycles. The van der Waals surface area contributed by atoms with Crippen LogP contribution in [0.2, 0.25) is 0 Å². The van der Waals surface area contributed by atoms with Gasteiger partial charge in [-0.3, -0.25) is 0 Å². The molecule has 0 spiro atoms. The molecule has 1 aliphatic heterocycles. The van der Waals surface area contributed by atoms with Crippen LogP contribution in [0.1, 0.15) is 23.6 Å². The van der Waals surface area contributed by atoms with Gasteiger partial charge < -0.3 is 15.2 Å². The van der Waals surface area contributed by atoms with Crippen molar-refractivity contribution in [3.63, 3.8) is 0 Å². The highest BCUT2D eigenvalue weighted by atomic mass is 35.5. The average Bonchev–Trinajstić information content (AvgIpc) is 2.28. The van der Waals surface area contributed by atoms with E-state index in [1.807, 2.05) is 19.1 Å². The molecule has 1 atom stereocenters. The molecule has 0 radical (unpaired) electrons. The number of nitrogens with two attached hydrogens (primary N) is 1. The van der Waals surface area contributed by atoms with Crippen molar-refractivity contribution < 1.29 is 9.47 Å². The molecule has 16 heavy (non-hydrogen) atoms. The van der Waals surface area contributed by atoms with Gasteiger partial charge in [0.15, 0.2) is 11.5 Å². The van der Waals surface area contributed by atoms with Gasteiger partial charge in [0.1, 0.15) is 13.2 Å². The van der Waals surface area contributed by atoms with E-state index in [-0.39, 0.29) is 6.04 Å². The van der Waals surface area contributed by atoms with E-state index in [1.54, 1.807) is 0 Å². The minimum atomic E-state index is -0.0340. The number of ether oxygens (including phenoxy) is 2. The minimum Gasteiger partial charge on any atom is -0.486 e. The highest BCUT2D eigenvalue weighted by Crippen LogP contribution is 2.35. The Morgan fingerprint density at radius 3 is 2.56 bits per heavy atom. The molecule has 0 saturated carbocycles. The largest absolute Gasteiger partial charge is 0.486 e. The van der Waals surface area contributed by atoms with Crippen molar-refractivity contribution >= 4 is 11.6 Å². The van der Waals surface area contributed by atoms with Gasteiger partial charge >= 0.3 is 0 Å². The van der Waals surface area contributed by atoms with Crippen LogP contribution in [-0.4, -0.2) is 19.1 Å². The zero-order valence-corrected chi connectivity index (χ0v) is 10.1. The Morgan fingerprint density at radius 1 is 1.31 bits per heavy atom. The lowest BCUT2D eigenvalue weighted by atomic mass is 9.99.